The number of aromatic amines is 1. The molecule has 2 saturated heterocycles. The quantitative estimate of drug-likeness (QED) is 0.0340. The largest absolute Gasteiger partial charge is 0.497 e. The number of amides is 2. The van der Waals surface area contributed by atoms with Crippen molar-refractivity contribution in [2.24, 2.45) is 5.92 Å². The summed E-state index contributed by atoms with van der Waals surface area (Å²) in [5.74, 6) is -2.28. The minimum Gasteiger partial charge on any atom is -0.497 e. The number of aromatic nitrogens is 2. The normalized spacial score (nSPS) is 22.6. The van der Waals surface area contributed by atoms with Gasteiger partial charge in [-0.15, -0.1) is 0 Å². The zero-order chi connectivity index (χ0) is 52.7. The lowest BCUT2D eigenvalue weighted by Crippen LogP contribution is -2.66. The number of unbranched alkanes of at least 4 members (excludes halogenated alkanes) is 1. The van der Waals surface area contributed by atoms with Crippen LogP contribution < -0.4 is 31.4 Å². The molecule has 0 bridgehead atoms. The van der Waals surface area contributed by atoms with Gasteiger partial charge in [0.15, 0.2) is 18.5 Å². The molecule has 1 aromatic heterocycles. The minimum atomic E-state index is -1.27. The summed E-state index contributed by atoms with van der Waals surface area (Å²) in [7, 11) is 3.16. The molecular weight excluding hydrogens is 953 g/mol. The van der Waals surface area contributed by atoms with Crippen molar-refractivity contribution in [3.05, 3.63) is 129 Å². The van der Waals surface area contributed by atoms with Crippen LogP contribution in [0.3, 0.4) is 0 Å². The Morgan fingerprint density at radius 2 is 1.34 bits per heavy atom. The Hall–Kier alpha value is -6.91. The van der Waals surface area contributed by atoms with Crippen LogP contribution in [0.1, 0.15) is 82.7 Å². The highest BCUT2D eigenvalue weighted by molar-refractivity contribution is 5.75. The molecule has 73 heavy (non-hydrogen) atoms. The number of hydrogen-bond donors (Lipinski definition) is 4. The molecular formula is C52H64N4O17. The number of carbonyl (C=O) groups excluding carboxylic acids is 5. The van der Waals surface area contributed by atoms with Crippen LogP contribution in [0.5, 0.6) is 11.5 Å². The van der Waals surface area contributed by atoms with Gasteiger partial charge in [0, 0.05) is 65.4 Å². The lowest BCUT2D eigenvalue weighted by atomic mass is 9.80. The number of carbonyl (C=O) groups is 5. The van der Waals surface area contributed by atoms with Gasteiger partial charge in [-0.25, -0.2) is 4.79 Å². The van der Waals surface area contributed by atoms with Crippen molar-refractivity contribution >= 4 is 29.7 Å². The number of rotatable bonds is 24. The Morgan fingerprint density at radius 3 is 1.92 bits per heavy atom. The van der Waals surface area contributed by atoms with E-state index in [1.54, 1.807) is 14.2 Å². The number of ether oxygens (including phenoxy) is 9. The van der Waals surface area contributed by atoms with Crippen molar-refractivity contribution in [2.45, 2.75) is 114 Å². The highest BCUT2D eigenvalue weighted by Crippen LogP contribution is 2.44. The molecule has 21 nitrogen and oxygen atoms in total. The second-order valence-electron chi connectivity index (χ2n) is 17.6. The summed E-state index contributed by atoms with van der Waals surface area (Å²) in [5.41, 5.74) is -0.246. The fourth-order valence-corrected chi connectivity index (χ4v) is 9.11. The second kappa shape index (κ2) is 26.2. The maximum absolute atomic E-state index is 13.2. The zero-order valence-corrected chi connectivity index (χ0v) is 41.6. The summed E-state index contributed by atoms with van der Waals surface area (Å²) in [5, 5.41) is 17.6. The van der Waals surface area contributed by atoms with Gasteiger partial charge in [-0.2, -0.15) is 0 Å². The Bertz CT molecular complexity index is 2540. The lowest BCUT2D eigenvalue weighted by molar-refractivity contribution is -0.277. The second-order valence-corrected chi connectivity index (χ2v) is 17.6. The molecule has 3 heterocycles. The molecule has 2 aliphatic rings. The van der Waals surface area contributed by atoms with Crippen LogP contribution in [-0.2, 0) is 62.7 Å². The summed E-state index contributed by atoms with van der Waals surface area (Å²) in [6.07, 6.45) is -5.19. The minimum absolute atomic E-state index is 0.0297. The van der Waals surface area contributed by atoms with Gasteiger partial charge in [-0.1, -0.05) is 54.6 Å². The van der Waals surface area contributed by atoms with E-state index in [0.29, 0.717) is 37.2 Å². The van der Waals surface area contributed by atoms with Crippen molar-refractivity contribution in [1.82, 2.24) is 20.2 Å². The molecule has 4 N–H and O–H groups in total. The van der Waals surface area contributed by atoms with Gasteiger partial charge in [0.1, 0.15) is 48.2 Å². The van der Waals surface area contributed by atoms with Crippen molar-refractivity contribution in [3.63, 3.8) is 0 Å². The fraction of sp³-hybridized carbons (Fsp3) is 0.481. The number of nitrogens with zero attached hydrogens (tertiary/aromatic N) is 1. The van der Waals surface area contributed by atoms with Gasteiger partial charge in [-0.3, -0.25) is 38.3 Å². The molecule has 2 fully saturated rings. The van der Waals surface area contributed by atoms with Gasteiger partial charge < -0.3 is 58.4 Å². The van der Waals surface area contributed by atoms with Crippen molar-refractivity contribution in [3.8, 4) is 11.5 Å². The molecule has 3 aromatic carbocycles. The van der Waals surface area contributed by atoms with E-state index < -0.39 is 95.7 Å². The summed E-state index contributed by atoms with van der Waals surface area (Å²) in [6.45, 7) is 4.44. The Balaban J connectivity index is 1.10. The first kappa shape index (κ1) is 55.4. The molecule has 2 aliphatic heterocycles. The Morgan fingerprint density at radius 1 is 0.726 bits per heavy atom. The van der Waals surface area contributed by atoms with E-state index >= 15 is 0 Å². The average Bonchev–Trinajstić information content (AvgIpc) is 3.67. The first-order valence-electron chi connectivity index (χ1n) is 24.0. The molecule has 394 valence electrons. The standard InChI is InChI=1S/C52H64N4O17/c1-31(57)54-45-48(71-34(4)60)47(70-33(3)59)42(29-68-32(2)58)73-50(45)67-28-11-10-16-43(61)53-26-12-15-40-46(63)41(72-49(40)56-27-25-44(62)55-51(56)64)30-69-52(35-13-8-7-9-14-35,36-17-21-38(65-5)22-18-36)37-19-23-39(66-6)24-20-37/h7-9,13-14,17-25,27,40-42,45-50,63H,10-12,15-16,26,28-30H2,1-6H3,(H,53,61)(H,54,57)(H,55,62,64)/t40-,41+,42+,45+,46+,47-,48+,49-,50+/m1/s1. The van der Waals surface area contributed by atoms with Gasteiger partial charge in [0.25, 0.3) is 5.56 Å². The van der Waals surface area contributed by atoms with Crippen LogP contribution in [0, 0.1) is 5.92 Å². The van der Waals surface area contributed by atoms with Crippen LogP contribution in [0.25, 0.3) is 0 Å². The maximum Gasteiger partial charge on any atom is 0.330 e. The molecule has 0 spiro atoms. The molecule has 0 unspecified atom stereocenters. The SMILES string of the molecule is COc1ccc(C(OC[C@@H]2O[C@@H](n3ccc(=O)[nH]c3=O)[C@H](CCCNC(=O)CCCCO[C@H]3O[C@@H](COC(C)=O)[C@@H](OC(C)=O)[C@@H](OC(C)=O)[C@@H]3NC(C)=O)[C@@H]2O)(c2ccccc2)c2ccc(OC)cc2)cc1. The third-order valence-electron chi connectivity index (χ3n) is 12.5. The maximum atomic E-state index is 13.2. The Labute approximate surface area is 421 Å². The van der Waals surface area contributed by atoms with Crippen molar-refractivity contribution < 1.29 is 71.7 Å². The van der Waals surface area contributed by atoms with Crippen molar-refractivity contribution in [2.75, 3.05) is 40.6 Å². The van der Waals surface area contributed by atoms with Crippen LogP contribution >= 0.6 is 0 Å². The van der Waals surface area contributed by atoms with E-state index in [-0.39, 0.29) is 38.7 Å². The fourth-order valence-electron chi connectivity index (χ4n) is 9.11. The molecule has 9 atom stereocenters. The number of H-pyrrole nitrogens is 1. The van der Waals surface area contributed by atoms with Crippen molar-refractivity contribution in [1.29, 1.82) is 0 Å². The van der Waals surface area contributed by atoms with Crippen LogP contribution in [0.15, 0.2) is 101 Å². The smallest absolute Gasteiger partial charge is 0.330 e. The monoisotopic (exact) mass is 1020 g/mol. The van der Waals surface area contributed by atoms with E-state index in [2.05, 4.69) is 15.6 Å². The first-order chi connectivity index (χ1) is 35.0. The van der Waals surface area contributed by atoms with E-state index in [0.717, 1.165) is 30.5 Å². The zero-order valence-electron chi connectivity index (χ0n) is 41.6. The highest BCUT2D eigenvalue weighted by atomic mass is 16.7. The van der Waals surface area contributed by atoms with Gasteiger partial charge in [-0.05, 0) is 66.6 Å². The molecule has 21 heteroatoms. The average molecular weight is 1020 g/mol. The number of aliphatic hydroxyl groups excluding tert-OH is 1. The van der Waals surface area contributed by atoms with Crippen LogP contribution in [0.2, 0.25) is 0 Å². The van der Waals surface area contributed by atoms with Gasteiger partial charge in [0.2, 0.25) is 11.8 Å². The molecule has 0 radical (unpaired) electrons. The summed E-state index contributed by atoms with van der Waals surface area (Å²) >= 11 is 0. The first-order valence-corrected chi connectivity index (χ1v) is 24.0. The number of aliphatic hydroxyl groups is 1. The molecule has 0 aliphatic carbocycles. The van der Waals surface area contributed by atoms with Gasteiger partial charge >= 0.3 is 23.6 Å². The van der Waals surface area contributed by atoms with E-state index in [1.807, 2.05) is 78.9 Å². The topological polar surface area (TPSA) is 268 Å². The van der Waals surface area contributed by atoms with E-state index in [9.17, 15) is 38.7 Å². The number of benzene rings is 3. The number of methoxy groups -OCH3 is 2. The van der Waals surface area contributed by atoms with E-state index in [1.165, 1.54) is 30.7 Å². The molecule has 2 amide bonds. The third-order valence-corrected chi connectivity index (χ3v) is 12.5. The lowest BCUT2D eigenvalue weighted by Gasteiger charge is -2.44. The van der Waals surface area contributed by atoms with Crippen LogP contribution in [-0.4, -0.2) is 128 Å². The predicted octanol–water partition coefficient (Wildman–Crippen LogP) is 3.18. The molecule has 6 rings (SSSR count). The molecule has 4 aromatic rings. The molecule has 0 saturated carbocycles. The third kappa shape index (κ3) is 14.4. The summed E-state index contributed by atoms with van der Waals surface area (Å²) in [4.78, 5) is 88.8. The highest BCUT2D eigenvalue weighted by Gasteiger charge is 2.52. The predicted molar refractivity (Wildman–Crippen MR) is 259 cm³/mol. The number of nitrogens with one attached hydrogen (secondary N) is 3. The van der Waals surface area contributed by atoms with E-state index in [4.69, 9.17) is 42.6 Å². The number of esters is 3. The van der Waals surface area contributed by atoms with Crippen LogP contribution in [0.4, 0.5) is 0 Å². The summed E-state index contributed by atoms with van der Waals surface area (Å²) < 4.78 is 53.8. The van der Waals surface area contributed by atoms with Gasteiger partial charge in [0.05, 0.1) is 26.9 Å². The number of hydrogen-bond acceptors (Lipinski definition) is 17. The Kier molecular flexibility index (Phi) is 19.9. The summed E-state index contributed by atoms with van der Waals surface area (Å²) in [6, 6.07) is 24.6.